The van der Waals surface area contributed by atoms with Crippen LogP contribution < -0.4 is 5.73 Å². The van der Waals surface area contributed by atoms with Gasteiger partial charge >= 0.3 is 0 Å². The molecule has 196 valence electrons. The van der Waals surface area contributed by atoms with Crippen molar-refractivity contribution in [1.82, 2.24) is 0 Å². The van der Waals surface area contributed by atoms with Gasteiger partial charge in [0.25, 0.3) is 0 Å². The second-order valence-electron chi connectivity index (χ2n) is 11.5. The lowest BCUT2D eigenvalue weighted by Crippen LogP contribution is -2.15. The number of fused-ring (bicyclic) bond motifs is 4. The minimum atomic E-state index is -0.153. The van der Waals surface area contributed by atoms with Crippen LogP contribution in [-0.2, 0) is 5.41 Å². The van der Waals surface area contributed by atoms with Crippen LogP contribution in [0.15, 0.2) is 127 Å². The second-order valence-corrected chi connectivity index (χ2v) is 11.5. The first-order valence-electron chi connectivity index (χ1n) is 14.1. The summed E-state index contributed by atoms with van der Waals surface area (Å²) in [5.41, 5.74) is 18.9. The van der Waals surface area contributed by atoms with E-state index in [2.05, 4.69) is 117 Å². The average Bonchev–Trinajstić information content (AvgIpc) is 3.26. The summed E-state index contributed by atoms with van der Waals surface area (Å²) >= 11 is 0. The zero-order valence-corrected chi connectivity index (χ0v) is 23.2. The van der Waals surface area contributed by atoms with Gasteiger partial charge in [0.1, 0.15) is 0 Å². The van der Waals surface area contributed by atoms with E-state index in [4.69, 9.17) is 5.73 Å². The van der Waals surface area contributed by atoms with Crippen molar-refractivity contribution in [2.45, 2.75) is 25.3 Å². The van der Waals surface area contributed by atoms with Gasteiger partial charge in [-0.1, -0.05) is 117 Å². The Morgan fingerprint density at radius 2 is 1.24 bits per heavy atom. The molecule has 6 aromatic rings. The molecule has 7 rings (SSSR count). The number of hydrogen-bond donors (Lipinski definition) is 1. The van der Waals surface area contributed by atoms with Crippen LogP contribution >= 0.6 is 0 Å². The minimum Gasteiger partial charge on any atom is -0.320 e. The average molecular weight is 527 g/mol. The molecule has 0 aromatic heterocycles. The highest BCUT2D eigenvalue weighted by Crippen LogP contribution is 2.50. The van der Waals surface area contributed by atoms with Crippen molar-refractivity contribution in [3.05, 3.63) is 155 Å². The van der Waals surface area contributed by atoms with Gasteiger partial charge in [0, 0.05) is 11.0 Å². The van der Waals surface area contributed by atoms with Crippen molar-refractivity contribution in [2.75, 3.05) is 0 Å². The first kappa shape index (κ1) is 25.0. The van der Waals surface area contributed by atoms with Gasteiger partial charge in [-0.2, -0.15) is 5.26 Å². The molecule has 0 saturated heterocycles. The molecular formula is C39H30N2. The highest BCUT2D eigenvalue weighted by Gasteiger charge is 2.36. The lowest BCUT2D eigenvalue weighted by molar-refractivity contribution is 0.660. The zero-order chi connectivity index (χ0) is 28.1. The van der Waals surface area contributed by atoms with Crippen LogP contribution in [0.4, 0.5) is 0 Å². The van der Waals surface area contributed by atoms with Crippen LogP contribution in [-0.4, -0.2) is 0 Å². The number of nitrogens with zero attached hydrogens (tertiary/aromatic N) is 1. The molecule has 0 aliphatic heterocycles. The predicted octanol–water partition coefficient (Wildman–Crippen LogP) is 9.40. The van der Waals surface area contributed by atoms with E-state index < -0.39 is 0 Å². The summed E-state index contributed by atoms with van der Waals surface area (Å²) < 4.78 is 0. The molecule has 2 heteroatoms. The van der Waals surface area contributed by atoms with Gasteiger partial charge in [-0.3, -0.25) is 0 Å². The Morgan fingerprint density at radius 1 is 0.585 bits per heavy atom. The van der Waals surface area contributed by atoms with Crippen molar-refractivity contribution in [1.29, 1.82) is 5.26 Å². The van der Waals surface area contributed by atoms with E-state index in [1.807, 2.05) is 30.3 Å². The van der Waals surface area contributed by atoms with Gasteiger partial charge in [-0.25, -0.2) is 0 Å². The maximum Gasteiger partial charge on any atom is 0.0998 e. The van der Waals surface area contributed by atoms with Crippen LogP contribution in [0.1, 0.15) is 47.7 Å². The molecule has 1 unspecified atom stereocenters. The molecule has 0 bridgehead atoms. The van der Waals surface area contributed by atoms with Gasteiger partial charge < -0.3 is 5.73 Å². The Morgan fingerprint density at radius 3 is 1.98 bits per heavy atom. The molecule has 0 heterocycles. The molecule has 6 aromatic carbocycles. The van der Waals surface area contributed by atoms with Crippen molar-refractivity contribution in [3.63, 3.8) is 0 Å². The minimum absolute atomic E-state index is 0.152. The van der Waals surface area contributed by atoms with E-state index in [1.54, 1.807) is 0 Å². The van der Waals surface area contributed by atoms with E-state index in [1.165, 1.54) is 49.7 Å². The Hall–Kier alpha value is -4.97. The molecule has 0 radical (unpaired) electrons. The van der Waals surface area contributed by atoms with Crippen molar-refractivity contribution in [3.8, 4) is 39.4 Å². The summed E-state index contributed by atoms with van der Waals surface area (Å²) in [5.74, 6) is 0. The third-order valence-electron chi connectivity index (χ3n) is 8.75. The number of nitriles is 1. The van der Waals surface area contributed by atoms with Crippen LogP contribution in [0.3, 0.4) is 0 Å². The fourth-order valence-corrected chi connectivity index (χ4v) is 6.41. The summed E-state index contributed by atoms with van der Waals surface area (Å²) in [5, 5.41) is 12.1. The molecule has 0 fully saturated rings. The van der Waals surface area contributed by atoms with Gasteiger partial charge in [-0.05, 0) is 85.1 Å². The van der Waals surface area contributed by atoms with E-state index >= 15 is 0 Å². The fraction of sp³-hybridized carbons (Fsp3) is 0.103. The molecule has 2 nitrogen and oxygen atoms in total. The summed E-state index contributed by atoms with van der Waals surface area (Å²) in [6.45, 7) is 4.51. The molecule has 1 atom stereocenters. The molecule has 0 saturated carbocycles. The summed E-state index contributed by atoms with van der Waals surface area (Å²) in [6.07, 6.45) is 0. The number of benzene rings is 6. The van der Waals surface area contributed by atoms with Crippen LogP contribution in [0, 0.1) is 11.3 Å². The Kier molecular flexibility index (Phi) is 5.86. The largest absolute Gasteiger partial charge is 0.320 e. The topological polar surface area (TPSA) is 49.8 Å². The summed E-state index contributed by atoms with van der Waals surface area (Å²) in [6, 6.07) is 47.2. The van der Waals surface area contributed by atoms with Crippen LogP contribution in [0.2, 0.25) is 0 Å². The summed E-state index contributed by atoms with van der Waals surface area (Å²) in [7, 11) is 0. The van der Waals surface area contributed by atoms with Gasteiger partial charge in [0.05, 0.1) is 17.7 Å². The lowest BCUT2D eigenvalue weighted by atomic mass is 9.81. The van der Waals surface area contributed by atoms with Gasteiger partial charge in [0.2, 0.25) is 0 Å². The van der Waals surface area contributed by atoms with E-state index in [9.17, 15) is 5.26 Å². The van der Waals surface area contributed by atoms with Crippen molar-refractivity contribution >= 4 is 10.8 Å². The standard InChI is InChI=1S/C39H30N2/c1-39(2)35-10-6-9-32(24-40)37(35)34-20-19-30(23-36(34)39)26-13-11-25(12-14-26)29-17-15-27-16-18-31(22-33(27)21-29)38(41)28-7-4-3-5-8-28/h3-23,38H,41H2,1-2H3. The quantitative estimate of drug-likeness (QED) is 0.249. The number of hydrogen-bond acceptors (Lipinski definition) is 2. The number of nitrogens with two attached hydrogens (primary N) is 1. The highest BCUT2D eigenvalue weighted by molar-refractivity contribution is 5.89. The molecular weight excluding hydrogens is 496 g/mol. The van der Waals surface area contributed by atoms with E-state index in [0.717, 1.165) is 22.3 Å². The monoisotopic (exact) mass is 526 g/mol. The molecule has 1 aliphatic rings. The lowest BCUT2D eigenvalue weighted by Gasteiger charge is -2.22. The first-order valence-corrected chi connectivity index (χ1v) is 14.1. The van der Waals surface area contributed by atoms with E-state index in [0.29, 0.717) is 0 Å². The maximum absolute atomic E-state index is 9.74. The third kappa shape index (κ3) is 4.14. The van der Waals surface area contributed by atoms with Crippen molar-refractivity contribution < 1.29 is 0 Å². The zero-order valence-electron chi connectivity index (χ0n) is 23.2. The van der Waals surface area contributed by atoms with Gasteiger partial charge in [-0.15, -0.1) is 0 Å². The predicted molar refractivity (Wildman–Crippen MR) is 170 cm³/mol. The van der Waals surface area contributed by atoms with E-state index in [-0.39, 0.29) is 11.5 Å². The highest BCUT2D eigenvalue weighted by atomic mass is 14.6. The molecule has 0 amide bonds. The third-order valence-corrected chi connectivity index (χ3v) is 8.75. The molecule has 0 spiro atoms. The fourth-order valence-electron chi connectivity index (χ4n) is 6.41. The smallest absolute Gasteiger partial charge is 0.0998 e. The van der Waals surface area contributed by atoms with Crippen molar-refractivity contribution in [2.24, 2.45) is 5.73 Å². The SMILES string of the molecule is CC1(C)c2cc(-c3ccc(-c4ccc5ccc(C(N)c6ccccc6)cc5c4)cc3)ccc2-c2c(C#N)cccc21. The first-order chi connectivity index (χ1) is 19.9. The summed E-state index contributed by atoms with van der Waals surface area (Å²) in [4.78, 5) is 0. The van der Waals surface area contributed by atoms with Crippen LogP contribution in [0.5, 0.6) is 0 Å². The maximum atomic E-state index is 9.74. The second kappa shape index (κ2) is 9.59. The molecule has 41 heavy (non-hydrogen) atoms. The Bertz CT molecular complexity index is 1980. The molecule has 1 aliphatic carbocycles. The van der Waals surface area contributed by atoms with Gasteiger partial charge in [0.15, 0.2) is 0 Å². The Balaban J connectivity index is 1.20. The molecule has 2 N–H and O–H groups in total. The Labute approximate surface area is 241 Å². The number of rotatable bonds is 4. The van der Waals surface area contributed by atoms with Crippen LogP contribution in [0.25, 0.3) is 44.2 Å². The normalized spacial score (nSPS) is 13.8.